The monoisotopic (exact) mass is 478 g/mol. The van der Waals surface area contributed by atoms with Crippen LogP contribution < -0.4 is 10.9 Å². The molecular formula is C23H18N4O2S3. The average molecular weight is 479 g/mol. The highest BCUT2D eigenvalue weighted by molar-refractivity contribution is 7.99. The molecule has 0 atom stereocenters. The largest absolute Gasteiger partial charge is 0.316 e. The van der Waals surface area contributed by atoms with Crippen LogP contribution in [-0.4, -0.2) is 21.2 Å². The van der Waals surface area contributed by atoms with Gasteiger partial charge in [0, 0.05) is 4.88 Å². The molecule has 1 aliphatic carbocycles. The van der Waals surface area contributed by atoms with Gasteiger partial charge < -0.3 is 5.32 Å². The Hall–Kier alpha value is -2.93. The molecule has 0 saturated heterocycles. The van der Waals surface area contributed by atoms with Crippen LogP contribution in [0.4, 0.5) is 5.00 Å². The van der Waals surface area contributed by atoms with E-state index in [1.54, 1.807) is 27.4 Å². The second kappa shape index (κ2) is 8.90. The van der Waals surface area contributed by atoms with Gasteiger partial charge in [-0.3, -0.25) is 14.2 Å². The fourth-order valence-corrected chi connectivity index (χ4v) is 6.74. The lowest BCUT2D eigenvalue weighted by atomic mass is 9.97. The minimum atomic E-state index is -0.242. The topological polar surface area (TPSA) is 87.8 Å². The number of thiophene rings is 2. The van der Waals surface area contributed by atoms with E-state index in [2.05, 4.69) is 11.4 Å². The molecule has 6 nitrogen and oxygen atoms in total. The van der Waals surface area contributed by atoms with Gasteiger partial charge in [0.1, 0.15) is 15.9 Å². The summed E-state index contributed by atoms with van der Waals surface area (Å²) in [5.41, 5.74) is 2.25. The van der Waals surface area contributed by atoms with Crippen LogP contribution in [0.5, 0.6) is 0 Å². The molecular weight excluding hydrogens is 460 g/mol. The Morgan fingerprint density at radius 2 is 2.03 bits per heavy atom. The Balaban J connectivity index is 1.52. The van der Waals surface area contributed by atoms with Gasteiger partial charge in [0.2, 0.25) is 5.91 Å². The number of carbonyl (C=O) groups excluding carboxylic acids is 1. The number of benzene rings is 1. The molecule has 3 aromatic heterocycles. The lowest BCUT2D eigenvalue weighted by Crippen LogP contribution is -2.23. The van der Waals surface area contributed by atoms with Gasteiger partial charge in [-0.2, -0.15) is 5.26 Å². The maximum absolute atomic E-state index is 13.6. The molecule has 1 amide bonds. The molecule has 1 N–H and O–H groups in total. The van der Waals surface area contributed by atoms with Gasteiger partial charge in [-0.05, 0) is 54.8 Å². The zero-order valence-electron chi connectivity index (χ0n) is 17.0. The fourth-order valence-electron chi connectivity index (χ4n) is 3.87. The number of thioether (sulfide) groups is 1. The molecule has 0 saturated carbocycles. The second-order valence-corrected chi connectivity index (χ2v) is 10.3. The van der Waals surface area contributed by atoms with Gasteiger partial charge >= 0.3 is 0 Å². The smallest absolute Gasteiger partial charge is 0.267 e. The van der Waals surface area contributed by atoms with E-state index in [0.717, 1.165) is 47.2 Å². The molecule has 0 radical (unpaired) electrons. The van der Waals surface area contributed by atoms with Crippen molar-refractivity contribution in [3.63, 3.8) is 0 Å². The number of aromatic nitrogens is 2. The third-order valence-electron chi connectivity index (χ3n) is 5.34. The van der Waals surface area contributed by atoms with Gasteiger partial charge in [-0.15, -0.1) is 22.7 Å². The SMILES string of the molecule is N#Cc1ccsc1NC(=O)CSc1nc2sc3c(c2c(=O)n1-c1ccccc1)CCCC3. The third kappa shape index (κ3) is 3.86. The van der Waals surface area contributed by atoms with Crippen LogP contribution >= 0.6 is 34.4 Å². The van der Waals surface area contributed by atoms with Gasteiger partial charge in [0.15, 0.2) is 5.16 Å². The minimum absolute atomic E-state index is 0.0754. The Morgan fingerprint density at radius 1 is 1.22 bits per heavy atom. The Morgan fingerprint density at radius 3 is 2.84 bits per heavy atom. The molecule has 5 rings (SSSR count). The molecule has 160 valence electrons. The number of fused-ring (bicyclic) bond motifs is 3. The van der Waals surface area contributed by atoms with Crippen molar-refractivity contribution in [2.75, 3.05) is 11.1 Å². The van der Waals surface area contributed by atoms with Crippen LogP contribution in [0.3, 0.4) is 0 Å². The standard InChI is InChI=1S/C23H18N4O2S3/c24-12-14-10-11-30-20(14)25-18(28)13-31-23-26-21-19(16-8-4-5-9-17(16)32-21)22(29)27(23)15-6-2-1-3-7-15/h1-3,6-7,10-11H,4-5,8-9,13H2,(H,25,28). The van der Waals surface area contributed by atoms with Crippen molar-refractivity contribution in [1.82, 2.24) is 9.55 Å². The zero-order chi connectivity index (χ0) is 22.1. The van der Waals surface area contributed by atoms with Crippen molar-refractivity contribution in [1.29, 1.82) is 5.26 Å². The van der Waals surface area contributed by atoms with Crippen molar-refractivity contribution in [3.8, 4) is 11.8 Å². The number of anilines is 1. The number of nitriles is 1. The van der Waals surface area contributed by atoms with Crippen molar-refractivity contribution in [2.24, 2.45) is 0 Å². The zero-order valence-corrected chi connectivity index (χ0v) is 19.4. The molecule has 32 heavy (non-hydrogen) atoms. The van der Waals surface area contributed by atoms with Crippen LogP contribution in [0, 0.1) is 11.3 Å². The van der Waals surface area contributed by atoms with Gasteiger partial charge in [-0.1, -0.05) is 30.0 Å². The van der Waals surface area contributed by atoms with E-state index in [1.807, 2.05) is 30.3 Å². The molecule has 0 bridgehead atoms. The number of hydrogen-bond donors (Lipinski definition) is 1. The van der Waals surface area contributed by atoms with E-state index in [4.69, 9.17) is 10.2 Å². The number of hydrogen-bond acceptors (Lipinski definition) is 7. The molecule has 3 heterocycles. The summed E-state index contributed by atoms with van der Waals surface area (Å²) in [7, 11) is 0. The van der Waals surface area contributed by atoms with E-state index in [1.165, 1.54) is 28.0 Å². The summed E-state index contributed by atoms with van der Waals surface area (Å²) in [5, 5.41) is 15.4. The van der Waals surface area contributed by atoms with Crippen LogP contribution in [0.1, 0.15) is 28.8 Å². The molecule has 1 aromatic carbocycles. The number of aryl methyl sites for hydroxylation is 2. The highest BCUT2D eigenvalue weighted by Crippen LogP contribution is 2.35. The predicted octanol–water partition coefficient (Wildman–Crippen LogP) is 4.99. The van der Waals surface area contributed by atoms with E-state index >= 15 is 0 Å². The molecule has 9 heteroatoms. The van der Waals surface area contributed by atoms with Crippen LogP contribution in [0.25, 0.3) is 15.9 Å². The normalized spacial score (nSPS) is 13.0. The molecule has 0 aliphatic heterocycles. The number of nitrogens with one attached hydrogen (secondary N) is 1. The number of para-hydroxylation sites is 1. The molecule has 0 unspecified atom stereocenters. The minimum Gasteiger partial charge on any atom is -0.316 e. The van der Waals surface area contributed by atoms with E-state index in [-0.39, 0.29) is 17.2 Å². The fraction of sp³-hybridized carbons (Fsp3) is 0.217. The maximum atomic E-state index is 13.6. The first-order valence-electron chi connectivity index (χ1n) is 10.2. The Bertz CT molecular complexity index is 1410. The Kier molecular flexibility index (Phi) is 5.83. The summed E-state index contributed by atoms with van der Waals surface area (Å²) in [6.07, 6.45) is 4.14. The number of nitrogens with zero attached hydrogens (tertiary/aromatic N) is 3. The summed E-state index contributed by atoms with van der Waals surface area (Å²) in [5.74, 6) is -0.160. The van der Waals surface area contributed by atoms with Gasteiger partial charge in [0.25, 0.3) is 5.56 Å². The molecule has 4 aromatic rings. The highest BCUT2D eigenvalue weighted by atomic mass is 32.2. The van der Waals surface area contributed by atoms with E-state index < -0.39 is 0 Å². The van der Waals surface area contributed by atoms with Crippen molar-refractivity contribution in [3.05, 3.63) is 68.1 Å². The highest BCUT2D eigenvalue weighted by Gasteiger charge is 2.23. The van der Waals surface area contributed by atoms with Gasteiger partial charge in [0.05, 0.1) is 22.4 Å². The van der Waals surface area contributed by atoms with E-state index in [0.29, 0.717) is 15.7 Å². The summed E-state index contributed by atoms with van der Waals surface area (Å²) in [6.45, 7) is 0. The van der Waals surface area contributed by atoms with E-state index in [9.17, 15) is 9.59 Å². The number of amides is 1. The van der Waals surface area contributed by atoms with Crippen molar-refractivity contribution >= 4 is 55.6 Å². The summed E-state index contributed by atoms with van der Waals surface area (Å²) in [6, 6.07) is 13.2. The lowest BCUT2D eigenvalue weighted by molar-refractivity contribution is -0.113. The molecule has 1 aliphatic rings. The number of rotatable bonds is 5. The lowest BCUT2D eigenvalue weighted by Gasteiger charge is -2.13. The van der Waals surface area contributed by atoms with Crippen LogP contribution in [-0.2, 0) is 17.6 Å². The first kappa shape index (κ1) is 20.9. The van der Waals surface area contributed by atoms with Crippen molar-refractivity contribution in [2.45, 2.75) is 30.8 Å². The molecule has 0 fully saturated rings. The maximum Gasteiger partial charge on any atom is 0.267 e. The van der Waals surface area contributed by atoms with Crippen LogP contribution in [0.15, 0.2) is 51.7 Å². The Labute approximate surface area is 196 Å². The first-order chi connectivity index (χ1) is 15.7. The average Bonchev–Trinajstić information content (AvgIpc) is 3.42. The number of carbonyl (C=O) groups is 1. The summed E-state index contributed by atoms with van der Waals surface area (Å²) >= 11 is 4.14. The third-order valence-corrected chi connectivity index (χ3v) is 8.30. The van der Waals surface area contributed by atoms with Gasteiger partial charge in [-0.25, -0.2) is 4.98 Å². The second-order valence-electron chi connectivity index (χ2n) is 7.37. The quantitative estimate of drug-likeness (QED) is 0.322. The summed E-state index contributed by atoms with van der Waals surface area (Å²) in [4.78, 5) is 33.1. The summed E-state index contributed by atoms with van der Waals surface area (Å²) < 4.78 is 1.62. The molecule has 0 spiro atoms. The predicted molar refractivity (Wildman–Crippen MR) is 130 cm³/mol. The van der Waals surface area contributed by atoms with Crippen LogP contribution in [0.2, 0.25) is 0 Å². The van der Waals surface area contributed by atoms with Crippen molar-refractivity contribution < 1.29 is 4.79 Å². The first-order valence-corrected chi connectivity index (χ1v) is 12.9.